The van der Waals surface area contributed by atoms with Crippen LogP contribution in [0.25, 0.3) is 0 Å². The van der Waals surface area contributed by atoms with Gasteiger partial charge in [0.2, 0.25) is 0 Å². The first kappa shape index (κ1) is 12.6. The van der Waals surface area contributed by atoms with Crippen LogP contribution >= 0.6 is 11.3 Å². The van der Waals surface area contributed by atoms with Gasteiger partial charge in [-0.1, -0.05) is 6.42 Å². The van der Waals surface area contributed by atoms with E-state index >= 15 is 0 Å². The molecular formula is C13H16N2O3S. The predicted molar refractivity (Wildman–Crippen MR) is 70.1 cm³/mol. The minimum atomic E-state index is -0.836. The van der Waals surface area contributed by atoms with Gasteiger partial charge >= 0.3 is 5.97 Å². The molecule has 0 aromatic carbocycles. The van der Waals surface area contributed by atoms with Crippen molar-refractivity contribution >= 4 is 23.2 Å². The molecule has 2 fully saturated rings. The number of carboxylic acid groups (broad SMARTS) is 1. The summed E-state index contributed by atoms with van der Waals surface area (Å²) in [6.07, 6.45) is 4.29. The lowest BCUT2D eigenvalue weighted by Crippen LogP contribution is -2.39. The maximum Gasteiger partial charge on any atom is 0.305 e. The topological polar surface area (TPSA) is 70.5 Å². The average molecular weight is 280 g/mol. The number of likely N-dealkylation sites (tertiary alicyclic amines) is 1. The Balaban J connectivity index is 1.80. The lowest BCUT2D eigenvalue weighted by molar-refractivity contribution is -0.138. The molecule has 102 valence electrons. The molecule has 5 nitrogen and oxygen atoms in total. The van der Waals surface area contributed by atoms with Crippen LogP contribution in [0.2, 0.25) is 0 Å². The second-order valence-electron chi connectivity index (χ2n) is 5.62. The van der Waals surface area contributed by atoms with Gasteiger partial charge in [0.05, 0.1) is 11.9 Å². The molecule has 19 heavy (non-hydrogen) atoms. The van der Waals surface area contributed by atoms with Gasteiger partial charge in [-0.05, 0) is 24.7 Å². The van der Waals surface area contributed by atoms with Gasteiger partial charge in [0.25, 0.3) is 5.91 Å². The van der Waals surface area contributed by atoms with Crippen molar-refractivity contribution in [2.24, 2.45) is 5.41 Å². The molecule has 1 N–H and O–H groups in total. The fourth-order valence-electron chi connectivity index (χ4n) is 3.29. The predicted octanol–water partition coefficient (Wildman–Crippen LogP) is 2.00. The van der Waals surface area contributed by atoms with Crippen LogP contribution in [-0.4, -0.2) is 39.5 Å². The number of nitrogens with zero attached hydrogens (tertiary/aromatic N) is 2. The Morgan fingerprint density at radius 2 is 2.32 bits per heavy atom. The molecule has 2 aliphatic rings. The summed E-state index contributed by atoms with van der Waals surface area (Å²) in [5.74, 6) is -0.950. The molecule has 1 aliphatic carbocycles. The van der Waals surface area contributed by atoms with Crippen molar-refractivity contribution in [3.63, 3.8) is 0 Å². The lowest BCUT2D eigenvalue weighted by Gasteiger charge is -2.37. The first-order valence-corrected chi connectivity index (χ1v) is 7.45. The van der Waals surface area contributed by atoms with E-state index < -0.39 is 5.97 Å². The third kappa shape index (κ3) is 2.25. The second kappa shape index (κ2) is 4.59. The third-order valence-electron chi connectivity index (χ3n) is 4.35. The molecule has 1 unspecified atom stereocenters. The molecule has 1 aromatic rings. The standard InChI is InChI=1S/C13H16N2O3S/c16-11(17)4-9-5-13(2-1-3-13)7-15(9)12(18)10-6-19-8-14-10/h6,8-9H,1-5,7H2,(H,16,17). The lowest BCUT2D eigenvalue weighted by atomic mass is 9.67. The van der Waals surface area contributed by atoms with E-state index in [0.717, 1.165) is 19.3 Å². The fourth-order valence-corrected chi connectivity index (χ4v) is 3.82. The Kier molecular flexibility index (Phi) is 3.05. The maximum atomic E-state index is 12.4. The summed E-state index contributed by atoms with van der Waals surface area (Å²) >= 11 is 1.39. The van der Waals surface area contributed by atoms with E-state index in [1.165, 1.54) is 17.8 Å². The first-order chi connectivity index (χ1) is 9.10. The fraction of sp³-hybridized carbons (Fsp3) is 0.615. The molecule has 0 radical (unpaired) electrons. The highest BCUT2D eigenvalue weighted by molar-refractivity contribution is 7.07. The second-order valence-corrected chi connectivity index (χ2v) is 6.33. The molecule has 0 bridgehead atoms. The van der Waals surface area contributed by atoms with Crippen molar-refractivity contribution in [1.29, 1.82) is 0 Å². The quantitative estimate of drug-likeness (QED) is 0.919. The summed E-state index contributed by atoms with van der Waals surface area (Å²) in [6.45, 7) is 0.696. The van der Waals surface area contributed by atoms with Gasteiger partial charge in [-0.25, -0.2) is 4.98 Å². The van der Waals surface area contributed by atoms with Crippen LogP contribution in [-0.2, 0) is 4.79 Å². The summed E-state index contributed by atoms with van der Waals surface area (Å²) in [5.41, 5.74) is 2.26. The highest BCUT2D eigenvalue weighted by atomic mass is 32.1. The zero-order valence-electron chi connectivity index (χ0n) is 10.5. The summed E-state index contributed by atoms with van der Waals surface area (Å²) in [7, 11) is 0. The van der Waals surface area contributed by atoms with E-state index in [1.807, 2.05) is 0 Å². The molecule has 6 heteroatoms. The van der Waals surface area contributed by atoms with Crippen LogP contribution in [0.1, 0.15) is 42.6 Å². The van der Waals surface area contributed by atoms with Gasteiger partial charge in [0.15, 0.2) is 0 Å². The SMILES string of the molecule is O=C(O)CC1CC2(CCC2)CN1C(=O)c1cscn1. The number of carboxylic acids is 1. The van der Waals surface area contributed by atoms with Gasteiger partial charge in [-0.3, -0.25) is 9.59 Å². The highest BCUT2D eigenvalue weighted by Crippen LogP contribution is 2.51. The number of thiazole rings is 1. The van der Waals surface area contributed by atoms with Crippen LogP contribution in [0.4, 0.5) is 0 Å². The Morgan fingerprint density at radius 3 is 2.84 bits per heavy atom. The zero-order valence-corrected chi connectivity index (χ0v) is 11.4. The van der Waals surface area contributed by atoms with E-state index in [0.29, 0.717) is 12.2 Å². The number of hydrogen-bond donors (Lipinski definition) is 1. The van der Waals surface area contributed by atoms with Gasteiger partial charge in [-0.2, -0.15) is 0 Å². The highest BCUT2D eigenvalue weighted by Gasteiger charge is 2.49. The number of aromatic nitrogens is 1. The normalized spacial score (nSPS) is 24.4. The maximum absolute atomic E-state index is 12.4. The Bertz CT molecular complexity index is 496. The monoisotopic (exact) mass is 280 g/mol. The van der Waals surface area contributed by atoms with Crippen LogP contribution in [0.3, 0.4) is 0 Å². The average Bonchev–Trinajstić information content (AvgIpc) is 2.92. The van der Waals surface area contributed by atoms with E-state index in [2.05, 4.69) is 4.98 Å². The Hall–Kier alpha value is -1.43. The smallest absolute Gasteiger partial charge is 0.305 e. The first-order valence-electron chi connectivity index (χ1n) is 6.51. The number of amides is 1. The van der Waals surface area contributed by atoms with Crippen molar-refractivity contribution in [3.05, 3.63) is 16.6 Å². The molecule has 3 rings (SSSR count). The minimum Gasteiger partial charge on any atom is -0.481 e. The summed E-state index contributed by atoms with van der Waals surface area (Å²) in [6, 6.07) is -0.174. The Morgan fingerprint density at radius 1 is 1.53 bits per heavy atom. The molecule has 1 saturated carbocycles. The summed E-state index contributed by atoms with van der Waals surface area (Å²) < 4.78 is 0. The largest absolute Gasteiger partial charge is 0.481 e. The van der Waals surface area contributed by atoms with Crippen molar-refractivity contribution in [3.8, 4) is 0 Å². The molecule has 1 aromatic heterocycles. The number of carbonyl (C=O) groups excluding carboxylic acids is 1. The van der Waals surface area contributed by atoms with Gasteiger partial charge < -0.3 is 10.0 Å². The van der Waals surface area contributed by atoms with E-state index in [9.17, 15) is 9.59 Å². The van der Waals surface area contributed by atoms with Gasteiger partial charge in [0, 0.05) is 18.0 Å². The summed E-state index contributed by atoms with van der Waals surface area (Å²) in [4.78, 5) is 29.2. The van der Waals surface area contributed by atoms with E-state index in [4.69, 9.17) is 5.11 Å². The van der Waals surface area contributed by atoms with Crippen molar-refractivity contribution in [2.45, 2.75) is 38.1 Å². The van der Waals surface area contributed by atoms with Crippen LogP contribution in [0, 0.1) is 5.41 Å². The van der Waals surface area contributed by atoms with Crippen LogP contribution in [0.5, 0.6) is 0 Å². The van der Waals surface area contributed by atoms with Crippen LogP contribution < -0.4 is 0 Å². The zero-order chi connectivity index (χ0) is 13.5. The Labute approximate surface area is 115 Å². The van der Waals surface area contributed by atoms with Gasteiger partial charge in [0.1, 0.15) is 5.69 Å². The van der Waals surface area contributed by atoms with Gasteiger partial charge in [-0.15, -0.1) is 11.3 Å². The van der Waals surface area contributed by atoms with Crippen molar-refractivity contribution in [1.82, 2.24) is 9.88 Å². The minimum absolute atomic E-state index is 0.0393. The molecule has 1 amide bonds. The third-order valence-corrected chi connectivity index (χ3v) is 4.94. The van der Waals surface area contributed by atoms with Crippen molar-refractivity contribution in [2.75, 3.05) is 6.54 Å². The molecule has 1 saturated heterocycles. The summed E-state index contributed by atoms with van der Waals surface area (Å²) in [5, 5.41) is 10.7. The molecule has 2 heterocycles. The number of aliphatic carboxylic acids is 1. The molecular weight excluding hydrogens is 264 g/mol. The number of hydrogen-bond acceptors (Lipinski definition) is 4. The molecule has 1 spiro atoms. The van der Waals surface area contributed by atoms with Crippen LogP contribution in [0.15, 0.2) is 10.9 Å². The number of carbonyl (C=O) groups is 2. The molecule has 1 aliphatic heterocycles. The van der Waals surface area contributed by atoms with Crippen molar-refractivity contribution < 1.29 is 14.7 Å². The number of rotatable bonds is 3. The van der Waals surface area contributed by atoms with E-state index in [-0.39, 0.29) is 23.8 Å². The molecule has 1 atom stereocenters. The van der Waals surface area contributed by atoms with E-state index in [1.54, 1.807) is 15.8 Å².